The van der Waals surface area contributed by atoms with E-state index < -0.39 is 0 Å². The van der Waals surface area contributed by atoms with E-state index in [0.29, 0.717) is 17.5 Å². The van der Waals surface area contributed by atoms with Gasteiger partial charge in [0.25, 0.3) is 0 Å². The second-order valence-electron chi connectivity index (χ2n) is 5.55. The van der Waals surface area contributed by atoms with Crippen molar-refractivity contribution >= 4 is 0 Å². The second kappa shape index (κ2) is 4.00. The molecule has 78 valence electrons. The molecule has 1 unspecified atom stereocenters. The molecule has 1 nitrogen and oxygen atoms in total. The minimum Gasteiger partial charge on any atom is -0.311 e. The molecule has 0 radical (unpaired) electrons. The Morgan fingerprint density at radius 3 is 1.85 bits per heavy atom. The molecule has 0 aliphatic heterocycles. The topological polar surface area (TPSA) is 12.0 Å². The molecule has 0 saturated heterocycles. The summed E-state index contributed by atoms with van der Waals surface area (Å²) in [5.41, 5.74) is 0.582. The molecule has 0 amide bonds. The van der Waals surface area contributed by atoms with E-state index in [2.05, 4.69) is 39.9 Å². The van der Waals surface area contributed by atoms with E-state index in [9.17, 15) is 0 Å². The SMILES string of the molecule is CC(C)NC(C(C)C)C1(C)CCC1. The molecule has 1 aliphatic carbocycles. The molecule has 1 saturated carbocycles. The Morgan fingerprint density at radius 2 is 1.62 bits per heavy atom. The molecule has 1 aliphatic rings. The van der Waals surface area contributed by atoms with Gasteiger partial charge in [-0.05, 0) is 24.2 Å². The first kappa shape index (κ1) is 11.0. The Kier molecular flexibility index (Phi) is 3.39. The van der Waals surface area contributed by atoms with Gasteiger partial charge in [-0.3, -0.25) is 0 Å². The van der Waals surface area contributed by atoms with Gasteiger partial charge in [0.1, 0.15) is 0 Å². The lowest BCUT2D eigenvalue weighted by Crippen LogP contribution is -2.52. The highest BCUT2D eigenvalue weighted by Crippen LogP contribution is 2.45. The monoisotopic (exact) mass is 183 g/mol. The summed E-state index contributed by atoms with van der Waals surface area (Å²) in [5.74, 6) is 0.757. The Balaban J connectivity index is 2.56. The van der Waals surface area contributed by atoms with Crippen LogP contribution < -0.4 is 5.32 Å². The summed E-state index contributed by atoms with van der Waals surface area (Å²) in [6.07, 6.45) is 4.25. The van der Waals surface area contributed by atoms with Crippen LogP contribution in [0.5, 0.6) is 0 Å². The highest BCUT2D eigenvalue weighted by Gasteiger charge is 2.40. The van der Waals surface area contributed by atoms with Gasteiger partial charge in [-0.1, -0.05) is 41.0 Å². The van der Waals surface area contributed by atoms with Crippen LogP contribution in [0.3, 0.4) is 0 Å². The van der Waals surface area contributed by atoms with Crippen LogP contribution in [-0.2, 0) is 0 Å². The zero-order valence-corrected chi connectivity index (χ0v) is 9.85. The zero-order chi connectivity index (χ0) is 10.1. The fourth-order valence-corrected chi connectivity index (χ4v) is 2.60. The van der Waals surface area contributed by atoms with Crippen molar-refractivity contribution in [1.29, 1.82) is 0 Å². The summed E-state index contributed by atoms with van der Waals surface area (Å²) in [6, 6.07) is 1.33. The summed E-state index contributed by atoms with van der Waals surface area (Å²) in [4.78, 5) is 0. The van der Waals surface area contributed by atoms with E-state index in [1.165, 1.54) is 19.3 Å². The first-order chi connectivity index (χ1) is 5.96. The van der Waals surface area contributed by atoms with Crippen molar-refractivity contribution in [2.45, 2.75) is 66.0 Å². The molecule has 0 aromatic carbocycles. The van der Waals surface area contributed by atoms with E-state index >= 15 is 0 Å². The smallest absolute Gasteiger partial charge is 0.0146 e. The average Bonchev–Trinajstić information content (AvgIpc) is 1.95. The normalized spacial score (nSPS) is 23.3. The van der Waals surface area contributed by atoms with Gasteiger partial charge >= 0.3 is 0 Å². The van der Waals surface area contributed by atoms with E-state index in [1.54, 1.807) is 0 Å². The van der Waals surface area contributed by atoms with E-state index in [1.807, 2.05) is 0 Å². The van der Waals surface area contributed by atoms with Gasteiger partial charge in [0, 0.05) is 12.1 Å². The first-order valence-electron chi connectivity index (χ1n) is 5.72. The van der Waals surface area contributed by atoms with Crippen LogP contribution in [-0.4, -0.2) is 12.1 Å². The highest BCUT2D eigenvalue weighted by molar-refractivity contribution is 4.95. The molecule has 0 heterocycles. The molecular weight excluding hydrogens is 158 g/mol. The summed E-state index contributed by atoms with van der Waals surface area (Å²) < 4.78 is 0. The van der Waals surface area contributed by atoms with Crippen molar-refractivity contribution < 1.29 is 0 Å². The standard InChI is InChI=1S/C12H25N/c1-9(2)11(13-10(3)4)12(5)7-6-8-12/h9-11,13H,6-8H2,1-5H3. The minimum absolute atomic E-state index is 0.582. The van der Waals surface area contributed by atoms with Crippen LogP contribution in [0.1, 0.15) is 53.9 Å². The van der Waals surface area contributed by atoms with Crippen molar-refractivity contribution in [3.05, 3.63) is 0 Å². The van der Waals surface area contributed by atoms with E-state index in [4.69, 9.17) is 0 Å². The van der Waals surface area contributed by atoms with Gasteiger partial charge in [0.05, 0.1) is 0 Å². The molecular formula is C12H25N. The molecule has 0 spiro atoms. The Bertz CT molecular complexity index is 157. The summed E-state index contributed by atoms with van der Waals surface area (Å²) in [7, 11) is 0. The molecule has 0 aromatic heterocycles. The number of nitrogens with one attached hydrogen (secondary N) is 1. The minimum atomic E-state index is 0.582. The quantitative estimate of drug-likeness (QED) is 0.706. The van der Waals surface area contributed by atoms with Crippen LogP contribution in [0.25, 0.3) is 0 Å². The van der Waals surface area contributed by atoms with Gasteiger partial charge in [-0.15, -0.1) is 0 Å². The third kappa shape index (κ3) is 2.46. The number of hydrogen-bond donors (Lipinski definition) is 1. The van der Waals surface area contributed by atoms with Crippen LogP contribution >= 0.6 is 0 Å². The molecule has 1 N–H and O–H groups in total. The van der Waals surface area contributed by atoms with Crippen molar-refractivity contribution in [3.8, 4) is 0 Å². The van der Waals surface area contributed by atoms with Crippen molar-refractivity contribution in [1.82, 2.24) is 5.32 Å². The van der Waals surface area contributed by atoms with Crippen molar-refractivity contribution in [2.75, 3.05) is 0 Å². The summed E-state index contributed by atoms with van der Waals surface area (Å²) in [6.45, 7) is 11.6. The largest absolute Gasteiger partial charge is 0.311 e. The fourth-order valence-electron chi connectivity index (χ4n) is 2.60. The maximum absolute atomic E-state index is 3.72. The Labute approximate surface area is 83.3 Å². The summed E-state index contributed by atoms with van der Waals surface area (Å²) >= 11 is 0. The summed E-state index contributed by atoms with van der Waals surface area (Å²) in [5, 5.41) is 3.72. The molecule has 0 aromatic rings. The van der Waals surface area contributed by atoms with Gasteiger partial charge in [-0.2, -0.15) is 0 Å². The third-order valence-corrected chi connectivity index (χ3v) is 3.43. The van der Waals surface area contributed by atoms with Gasteiger partial charge < -0.3 is 5.32 Å². The first-order valence-corrected chi connectivity index (χ1v) is 5.72. The number of hydrogen-bond acceptors (Lipinski definition) is 1. The lowest BCUT2D eigenvalue weighted by atomic mass is 9.63. The Hall–Kier alpha value is -0.0400. The second-order valence-corrected chi connectivity index (χ2v) is 5.55. The van der Waals surface area contributed by atoms with Crippen LogP contribution in [0.4, 0.5) is 0 Å². The molecule has 1 heteroatoms. The highest BCUT2D eigenvalue weighted by atomic mass is 15.0. The van der Waals surface area contributed by atoms with Crippen molar-refractivity contribution in [2.24, 2.45) is 11.3 Å². The predicted molar refractivity (Wildman–Crippen MR) is 58.9 cm³/mol. The van der Waals surface area contributed by atoms with Gasteiger partial charge in [0.15, 0.2) is 0 Å². The molecule has 1 fully saturated rings. The van der Waals surface area contributed by atoms with Gasteiger partial charge in [-0.25, -0.2) is 0 Å². The van der Waals surface area contributed by atoms with Crippen LogP contribution in [0, 0.1) is 11.3 Å². The molecule has 1 rings (SSSR count). The van der Waals surface area contributed by atoms with Crippen LogP contribution in [0.2, 0.25) is 0 Å². The molecule has 13 heavy (non-hydrogen) atoms. The van der Waals surface area contributed by atoms with Gasteiger partial charge in [0.2, 0.25) is 0 Å². The van der Waals surface area contributed by atoms with E-state index in [-0.39, 0.29) is 0 Å². The third-order valence-electron chi connectivity index (χ3n) is 3.43. The lowest BCUT2D eigenvalue weighted by Gasteiger charge is -2.48. The average molecular weight is 183 g/mol. The maximum Gasteiger partial charge on any atom is 0.0146 e. The fraction of sp³-hybridized carbons (Fsp3) is 1.00. The predicted octanol–water partition coefficient (Wildman–Crippen LogP) is 3.20. The molecule has 0 bridgehead atoms. The maximum atomic E-state index is 3.72. The van der Waals surface area contributed by atoms with Crippen molar-refractivity contribution in [3.63, 3.8) is 0 Å². The lowest BCUT2D eigenvalue weighted by molar-refractivity contribution is 0.0657. The zero-order valence-electron chi connectivity index (χ0n) is 9.85. The molecule has 1 atom stereocenters. The number of rotatable bonds is 4. The Morgan fingerprint density at radius 1 is 1.08 bits per heavy atom. The van der Waals surface area contributed by atoms with E-state index in [0.717, 1.165) is 5.92 Å². The van der Waals surface area contributed by atoms with Crippen LogP contribution in [0.15, 0.2) is 0 Å².